The zero-order chi connectivity index (χ0) is 33.1. The fourth-order valence-corrected chi connectivity index (χ4v) is 6.24. The van der Waals surface area contributed by atoms with Gasteiger partial charge >= 0.3 is 0 Å². The van der Waals surface area contributed by atoms with E-state index in [9.17, 15) is 9.18 Å². The number of ether oxygens (including phenoxy) is 1. The molecule has 1 aliphatic heterocycles. The molecular formula is C34H44FN9O2. The molecule has 1 fully saturated rings. The molecule has 1 saturated heterocycles. The van der Waals surface area contributed by atoms with Crippen LogP contribution in [0.4, 0.5) is 4.39 Å². The predicted octanol–water partition coefficient (Wildman–Crippen LogP) is 4.20. The van der Waals surface area contributed by atoms with E-state index >= 15 is 0 Å². The van der Waals surface area contributed by atoms with Gasteiger partial charge in [0.05, 0.1) is 17.6 Å². The second-order valence-corrected chi connectivity index (χ2v) is 13.4. The van der Waals surface area contributed by atoms with Crippen LogP contribution in [0.1, 0.15) is 80.3 Å². The van der Waals surface area contributed by atoms with Crippen molar-refractivity contribution in [1.82, 2.24) is 24.9 Å². The highest BCUT2D eigenvalue weighted by molar-refractivity contribution is 5.98. The number of hydrogen-bond acceptors (Lipinski definition) is 7. The molecule has 11 nitrogen and oxygen atoms in total. The maximum Gasteiger partial charge on any atom is 0.251 e. The number of nitrogens with zero attached hydrogens (tertiary/aromatic N) is 5. The van der Waals surface area contributed by atoms with Crippen molar-refractivity contribution in [3.8, 4) is 5.88 Å². The maximum absolute atomic E-state index is 14.0. The van der Waals surface area contributed by atoms with Crippen LogP contribution in [0, 0.1) is 5.82 Å². The highest BCUT2D eigenvalue weighted by atomic mass is 19.1. The number of nitrogens with two attached hydrogens (primary N) is 3. The third-order valence-electron chi connectivity index (χ3n) is 7.97. The van der Waals surface area contributed by atoms with Gasteiger partial charge in [-0.15, -0.1) is 5.10 Å². The molecule has 7 N–H and O–H groups in total. The van der Waals surface area contributed by atoms with E-state index in [1.807, 2.05) is 45.9 Å². The van der Waals surface area contributed by atoms with Gasteiger partial charge in [-0.2, -0.15) is 0 Å². The Morgan fingerprint density at radius 1 is 1.04 bits per heavy atom. The minimum Gasteiger partial charge on any atom is -0.473 e. The first kappa shape index (κ1) is 32.8. The van der Waals surface area contributed by atoms with Crippen molar-refractivity contribution in [3.63, 3.8) is 0 Å². The van der Waals surface area contributed by atoms with Gasteiger partial charge < -0.3 is 27.3 Å². The van der Waals surface area contributed by atoms with Crippen molar-refractivity contribution >= 4 is 22.9 Å². The van der Waals surface area contributed by atoms with Gasteiger partial charge in [-0.25, -0.2) is 19.0 Å². The number of likely N-dealkylation sites (tertiary alicyclic amines) is 1. The Labute approximate surface area is 269 Å². The molecule has 0 bridgehead atoms. The molecule has 12 heteroatoms. The van der Waals surface area contributed by atoms with Crippen molar-refractivity contribution < 1.29 is 13.9 Å². The number of hydrogen-bond donors (Lipinski definition) is 4. The van der Waals surface area contributed by atoms with E-state index < -0.39 is 11.1 Å². The molecule has 0 unspecified atom stereocenters. The van der Waals surface area contributed by atoms with Crippen LogP contribution in [0.2, 0.25) is 0 Å². The first-order valence-electron chi connectivity index (χ1n) is 15.5. The Morgan fingerprint density at radius 2 is 1.78 bits per heavy atom. The van der Waals surface area contributed by atoms with E-state index in [0.717, 1.165) is 31.6 Å². The Morgan fingerprint density at radius 3 is 2.48 bits per heavy atom. The summed E-state index contributed by atoms with van der Waals surface area (Å²) in [6.45, 7) is 10.1. The number of nitrogens with one attached hydrogen (secondary N) is 1. The standard InChI is InChI=1S/C34H44FN9O2/c1-33(2,38)21-34(3,4)41-31(45)23-12-13-27-28(18-23)44(42-32(36)37)29(39-27)19-43-16-14-22(15-17-43)26-10-7-11-30(40-26)46-20-24-8-5-6-9-25(24)35/h5-13,18,22H,14-17,19-21,38H2,1-4H3,(H,41,45)(H4,36,37,42). The number of rotatable bonds is 11. The van der Waals surface area contributed by atoms with E-state index in [1.54, 1.807) is 41.1 Å². The number of halogens is 1. The van der Waals surface area contributed by atoms with Crippen LogP contribution in [0.3, 0.4) is 0 Å². The molecule has 46 heavy (non-hydrogen) atoms. The Balaban J connectivity index is 1.26. The van der Waals surface area contributed by atoms with Crippen molar-refractivity contribution in [2.45, 2.75) is 77.1 Å². The zero-order valence-electron chi connectivity index (χ0n) is 27.0. The molecule has 2 aromatic carbocycles. The van der Waals surface area contributed by atoms with Crippen molar-refractivity contribution in [1.29, 1.82) is 0 Å². The van der Waals surface area contributed by atoms with Gasteiger partial charge in [0.1, 0.15) is 18.2 Å². The molecule has 3 heterocycles. The van der Waals surface area contributed by atoms with E-state index in [0.29, 0.717) is 46.8 Å². The third kappa shape index (κ3) is 8.38. The molecule has 4 aromatic rings. The summed E-state index contributed by atoms with van der Waals surface area (Å²) < 4.78 is 21.4. The smallest absolute Gasteiger partial charge is 0.251 e. The van der Waals surface area contributed by atoms with Crippen LogP contribution < -0.4 is 27.3 Å². The van der Waals surface area contributed by atoms with E-state index in [4.69, 9.17) is 31.9 Å². The van der Waals surface area contributed by atoms with Gasteiger partial charge in [0.25, 0.3) is 5.91 Å². The number of fused-ring (bicyclic) bond motifs is 1. The summed E-state index contributed by atoms with van der Waals surface area (Å²) in [5, 5.41) is 7.45. The average molecular weight is 630 g/mol. The normalized spacial score (nSPS) is 14.7. The second kappa shape index (κ2) is 13.4. The molecule has 0 spiro atoms. The van der Waals surface area contributed by atoms with Crippen LogP contribution in [-0.4, -0.2) is 55.6 Å². The highest BCUT2D eigenvalue weighted by Gasteiger charge is 2.28. The summed E-state index contributed by atoms with van der Waals surface area (Å²) in [5.41, 5.74) is 20.1. The minimum absolute atomic E-state index is 0.108. The number of pyridine rings is 1. The lowest BCUT2D eigenvalue weighted by molar-refractivity contribution is 0.0901. The molecule has 0 aliphatic carbocycles. The monoisotopic (exact) mass is 629 g/mol. The molecule has 0 saturated carbocycles. The lowest BCUT2D eigenvalue weighted by atomic mass is 9.87. The van der Waals surface area contributed by atoms with Crippen LogP contribution in [0.15, 0.2) is 65.8 Å². The van der Waals surface area contributed by atoms with Gasteiger partial charge in [0.2, 0.25) is 11.8 Å². The number of benzene rings is 2. The second-order valence-electron chi connectivity index (χ2n) is 13.4. The van der Waals surface area contributed by atoms with Crippen LogP contribution in [0.5, 0.6) is 5.88 Å². The molecule has 1 aliphatic rings. The molecule has 1 amide bonds. The quantitative estimate of drug-likeness (QED) is 0.142. The lowest BCUT2D eigenvalue weighted by Crippen LogP contribution is -2.50. The Kier molecular flexibility index (Phi) is 9.59. The average Bonchev–Trinajstić information content (AvgIpc) is 3.31. The largest absolute Gasteiger partial charge is 0.473 e. The molecule has 5 rings (SSSR count). The van der Waals surface area contributed by atoms with Gasteiger partial charge in [-0.1, -0.05) is 24.3 Å². The Hall–Kier alpha value is -4.55. The number of aromatic nitrogens is 3. The number of carbonyl (C=O) groups excluding carboxylic acids is 1. The molecule has 0 atom stereocenters. The summed E-state index contributed by atoms with van der Waals surface area (Å²) in [4.78, 5) is 25.1. The number of imidazole rings is 1. The van der Waals surface area contributed by atoms with E-state index in [1.165, 1.54) is 6.07 Å². The van der Waals surface area contributed by atoms with Crippen molar-refractivity contribution in [2.75, 3.05) is 13.1 Å². The summed E-state index contributed by atoms with van der Waals surface area (Å²) in [6, 6.07) is 17.6. The molecular weight excluding hydrogens is 585 g/mol. The zero-order valence-corrected chi connectivity index (χ0v) is 27.0. The number of piperidine rings is 1. The summed E-state index contributed by atoms with van der Waals surface area (Å²) in [7, 11) is 0. The summed E-state index contributed by atoms with van der Waals surface area (Å²) >= 11 is 0. The summed E-state index contributed by atoms with van der Waals surface area (Å²) in [5.74, 6) is 0.799. The van der Waals surface area contributed by atoms with Gasteiger partial charge in [-0.3, -0.25) is 9.69 Å². The Bertz CT molecular complexity index is 1720. The van der Waals surface area contributed by atoms with Crippen molar-refractivity contribution in [2.24, 2.45) is 22.3 Å². The third-order valence-corrected chi connectivity index (χ3v) is 7.97. The van der Waals surface area contributed by atoms with Gasteiger partial charge in [-0.05, 0) is 90.4 Å². The molecule has 244 valence electrons. The van der Waals surface area contributed by atoms with Crippen molar-refractivity contribution in [3.05, 3.63) is 89.1 Å². The summed E-state index contributed by atoms with van der Waals surface area (Å²) in [6.07, 6.45) is 2.39. The van der Waals surface area contributed by atoms with Crippen LogP contribution in [0.25, 0.3) is 11.0 Å². The molecule has 0 radical (unpaired) electrons. The first-order chi connectivity index (χ1) is 21.8. The highest BCUT2D eigenvalue weighted by Crippen LogP contribution is 2.29. The molecule has 2 aromatic heterocycles. The fourth-order valence-electron chi connectivity index (χ4n) is 6.24. The topological polar surface area (TPSA) is 163 Å². The van der Waals surface area contributed by atoms with E-state index in [-0.39, 0.29) is 30.2 Å². The number of amides is 1. The SMILES string of the molecule is CC(C)(N)CC(C)(C)NC(=O)c1ccc2nc(CN3CCC(c4cccc(OCc5ccccc5F)n4)CC3)n(N=C(N)N)c2c1. The van der Waals surface area contributed by atoms with Crippen LogP contribution in [-0.2, 0) is 13.2 Å². The number of guanidine groups is 1. The van der Waals surface area contributed by atoms with Gasteiger partial charge in [0, 0.05) is 39.9 Å². The maximum atomic E-state index is 14.0. The predicted molar refractivity (Wildman–Crippen MR) is 178 cm³/mol. The minimum atomic E-state index is -0.507. The van der Waals surface area contributed by atoms with E-state index in [2.05, 4.69) is 15.3 Å². The lowest BCUT2D eigenvalue weighted by Gasteiger charge is -2.33. The first-order valence-corrected chi connectivity index (χ1v) is 15.5. The van der Waals surface area contributed by atoms with Crippen LogP contribution >= 0.6 is 0 Å². The number of carbonyl (C=O) groups is 1. The fraction of sp³-hybridized carbons (Fsp3) is 0.412. The van der Waals surface area contributed by atoms with Gasteiger partial charge in [0.15, 0.2) is 0 Å².